The van der Waals surface area contributed by atoms with Gasteiger partial charge in [0.05, 0.1) is 22.4 Å². The number of hydrogen-bond donors (Lipinski definition) is 0. The summed E-state index contributed by atoms with van der Waals surface area (Å²) < 4.78 is 13.2. The van der Waals surface area contributed by atoms with Gasteiger partial charge in [-0.25, -0.2) is 39.9 Å². The summed E-state index contributed by atoms with van der Waals surface area (Å²) in [6.07, 6.45) is 0. The van der Waals surface area contributed by atoms with E-state index in [0.717, 1.165) is 205 Å². The van der Waals surface area contributed by atoms with Gasteiger partial charge in [-0.2, -0.15) is 0 Å². The number of hydrogen-bond acceptors (Lipinski definition) is 10. The summed E-state index contributed by atoms with van der Waals surface area (Å²) in [4.78, 5) is 40.8. The number of fused-ring (bicyclic) bond motifs is 12. The van der Waals surface area contributed by atoms with Gasteiger partial charge in [-0.1, -0.05) is 425 Å². The van der Waals surface area contributed by atoms with E-state index in [1.807, 2.05) is 72.8 Å². The van der Waals surface area contributed by atoms with E-state index in [0.29, 0.717) is 34.9 Å². The molecule has 6 heterocycles. The van der Waals surface area contributed by atoms with Crippen LogP contribution in [0.1, 0.15) is 0 Å². The van der Waals surface area contributed by atoms with Crippen molar-refractivity contribution in [3.05, 3.63) is 461 Å². The summed E-state index contributed by atoms with van der Waals surface area (Å²) in [6, 6.07) is 160. The van der Waals surface area contributed by atoms with Crippen molar-refractivity contribution in [2.75, 3.05) is 0 Å². The highest BCUT2D eigenvalue weighted by Crippen LogP contribution is 2.50. The minimum atomic E-state index is 0.610. The second-order valence-corrected chi connectivity index (χ2v) is 33.1. The predicted octanol–water partition coefficient (Wildman–Crippen LogP) is 31.9. The molecule has 0 aliphatic heterocycles. The average Bonchev–Trinajstić information content (AvgIpc) is 1.38. The van der Waals surface area contributed by atoms with E-state index < -0.39 is 0 Å². The summed E-state index contributed by atoms with van der Waals surface area (Å²) in [5.74, 6) is 3.73. The van der Waals surface area contributed by atoms with Crippen molar-refractivity contribution in [1.29, 1.82) is 0 Å². The van der Waals surface area contributed by atoms with Gasteiger partial charge >= 0.3 is 0 Å². The van der Waals surface area contributed by atoms with Gasteiger partial charge in [-0.15, -0.1) is 0 Å². The maximum absolute atomic E-state index is 6.60. The van der Waals surface area contributed by atoms with Crippen LogP contribution in [0.2, 0.25) is 0 Å². The number of para-hydroxylation sites is 4. The molecule has 10 heteroatoms. The lowest BCUT2D eigenvalue weighted by Gasteiger charge is -2.16. The van der Waals surface area contributed by atoms with Crippen LogP contribution in [-0.2, 0) is 0 Å². The van der Waals surface area contributed by atoms with Crippen LogP contribution in [0, 0.1) is 0 Å². The van der Waals surface area contributed by atoms with Crippen LogP contribution in [0.3, 0.4) is 0 Å². The van der Waals surface area contributed by atoms with E-state index in [-0.39, 0.29) is 0 Å². The highest BCUT2D eigenvalue weighted by Gasteiger charge is 2.26. The van der Waals surface area contributed by atoms with E-state index in [2.05, 4.69) is 388 Å². The third-order valence-electron chi connectivity index (χ3n) is 25.1. The molecule has 0 fully saturated rings. The molecule has 25 aromatic rings. The van der Waals surface area contributed by atoms with E-state index >= 15 is 0 Å². The fourth-order valence-electron chi connectivity index (χ4n) is 18.6. The molecule has 132 heavy (non-hydrogen) atoms. The molecule has 0 aliphatic rings. The minimum Gasteiger partial charge on any atom is -0.456 e. The van der Waals surface area contributed by atoms with E-state index in [1.54, 1.807) is 0 Å². The van der Waals surface area contributed by atoms with Gasteiger partial charge < -0.3 is 8.83 Å². The number of furan rings is 2. The van der Waals surface area contributed by atoms with Crippen LogP contribution < -0.4 is 0 Å². The molecule has 0 bridgehead atoms. The first-order valence-electron chi connectivity index (χ1n) is 44.3. The van der Waals surface area contributed by atoms with Crippen molar-refractivity contribution in [2.45, 2.75) is 0 Å². The number of rotatable bonds is 15. The Hall–Kier alpha value is -17.9. The Labute approximate surface area is 760 Å². The third-order valence-corrected chi connectivity index (χ3v) is 25.1. The molecule has 616 valence electrons. The molecule has 0 saturated heterocycles. The number of pyridine rings is 2. The van der Waals surface area contributed by atoms with Crippen molar-refractivity contribution in [3.8, 4) is 169 Å². The van der Waals surface area contributed by atoms with Crippen LogP contribution in [0.5, 0.6) is 0 Å². The Morgan fingerprint density at radius 2 is 0.326 bits per heavy atom. The van der Waals surface area contributed by atoms with Crippen LogP contribution in [0.15, 0.2) is 470 Å². The van der Waals surface area contributed by atoms with Crippen LogP contribution >= 0.6 is 0 Å². The number of aromatic nitrogens is 8. The lowest BCUT2D eigenvalue weighted by molar-refractivity contribution is 0.669. The molecule has 0 amide bonds. The van der Waals surface area contributed by atoms with Crippen LogP contribution in [0.25, 0.3) is 256 Å². The van der Waals surface area contributed by atoms with Gasteiger partial charge in [-0.05, 0) is 103 Å². The van der Waals surface area contributed by atoms with E-state index in [1.165, 1.54) is 16.3 Å². The Bertz CT molecular complexity index is 8550. The fraction of sp³-hybridized carbons (Fsp3) is 0. The molecule has 0 atom stereocenters. The van der Waals surface area contributed by atoms with Crippen molar-refractivity contribution < 1.29 is 8.83 Å². The van der Waals surface area contributed by atoms with E-state index in [4.69, 9.17) is 48.7 Å². The molecule has 25 rings (SSSR count). The molecular formula is C122H76N8O2. The molecule has 0 N–H and O–H groups in total. The van der Waals surface area contributed by atoms with Crippen molar-refractivity contribution in [3.63, 3.8) is 0 Å². The summed E-state index contributed by atoms with van der Waals surface area (Å²) in [5.41, 5.74) is 30.6. The highest BCUT2D eigenvalue weighted by molar-refractivity contribution is 6.29. The monoisotopic (exact) mass is 1680 g/mol. The minimum absolute atomic E-state index is 0.610. The zero-order valence-electron chi connectivity index (χ0n) is 71.3. The SMILES string of the molecule is c1ccc(-c2ccc(-c3nc(-c4ccc(-c5ccccc5)cc4)nc(-c4ccc(-c5ccc(-c6nc7ccccc7c7c(-c8ccccc8)c8c(cc67)oc6ccccc68)cc5)cc4)n3)cc2)cc1.c1ccc(-c2ccc(-c3nc(-c4ccccc4)nc(-c4ccc(-c5ccc(-c6nc7ccccc7c7c(-c8ccccc8)c8c(cc67)oc6ccccc68)cc5)cc4)n3)cc2)cc1. The first kappa shape index (κ1) is 77.7. The van der Waals surface area contributed by atoms with Crippen molar-refractivity contribution in [2.24, 2.45) is 0 Å². The molecule has 0 aliphatic carbocycles. The largest absolute Gasteiger partial charge is 0.456 e. The lowest BCUT2D eigenvalue weighted by atomic mass is 9.89. The third kappa shape index (κ3) is 14.6. The number of nitrogens with zero attached hydrogens (tertiary/aromatic N) is 8. The summed E-state index contributed by atoms with van der Waals surface area (Å²) in [7, 11) is 0. The molecule has 0 radical (unpaired) electrons. The molecule has 10 nitrogen and oxygen atoms in total. The normalized spacial score (nSPS) is 11.5. The maximum atomic E-state index is 6.60. The maximum Gasteiger partial charge on any atom is 0.164 e. The van der Waals surface area contributed by atoms with E-state index in [9.17, 15) is 0 Å². The predicted molar refractivity (Wildman–Crippen MR) is 541 cm³/mol. The Morgan fingerprint density at radius 1 is 0.129 bits per heavy atom. The first-order chi connectivity index (χ1) is 65.4. The Kier molecular flexibility index (Phi) is 19.7. The molecule has 0 unspecified atom stereocenters. The smallest absolute Gasteiger partial charge is 0.164 e. The van der Waals surface area contributed by atoms with Crippen molar-refractivity contribution >= 4 is 87.2 Å². The Balaban J connectivity index is 0.000000146. The quantitative estimate of drug-likeness (QED) is 0.0915. The zero-order chi connectivity index (χ0) is 87.4. The fourth-order valence-corrected chi connectivity index (χ4v) is 18.6. The summed E-state index contributed by atoms with van der Waals surface area (Å²) in [5, 5.41) is 11.1. The molecular weight excluding hydrogens is 1610 g/mol. The standard InChI is InChI=1S/C64H40N4O.C58H36N4O/c1-4-14-41(15-5-1)43-26-34-49(35-27-43)62-66-63(50-36-28-44(29-37-50)42-16-6-2-7-17-42)68-64(67-62)51-38-30-46(31-39-51)45-24-32-48(33-25-45)61-54-40-57-60(53-21-11-13-23-56(53)69-57)58(47-18-8-3-9-19-47)59(54)52-20-10-12-22-55(52)65-61;1-4-14-37(15-5-1)38-26-32-44(33-27-38)57-60-56(43-18-8-3-9-19-43)61-58(62-57)45-34-28-40(29-35-45)39-24-30-42(31-25-39)55-48-36-51-54(47-21-11-13-23-50(47)63-51)52(41-16-6-2-7-17-41)53(48)46-20-10-12-22-49(46)59-55/h1-40H;1-36H. The second-order valence-electron chi connectivity index (χ2n) is 33.1. The van der Waals surface area contributed by atoms with Gasteiger partial charge in [-0.3, -0.25) is 0 Å². The zero-order valence-corrected chi connectivity index (χ0v) is 71.3. The summed E-state index contributed by atoms with van der Waals surface area (Å²) in [6.45, 7) is 0. The highest BCUT2D eigenvalue weighted by atomic mass is 16.3. The van der Waals surface area contributed by atoms with Gasteiger partial charge in [0.1, 0.15) is 22.3 Å². The molecule has 6 aromatic heterocycles. The van der Waals surface area contributed by atoms with Gasteiger partial charge in [0.2, 0.25) is 0 Å². The van der Waals surface area contributed by atoms with Gasteiger partial charge in [0.25, 0.3) is 0 Å². The van der Waals surface area contributed by atoms with Crippen LogP contribution in [0.4, 0.5) is 0 Å². The second kappa shape index (κ2) is 33.5. The van der Waals surface area contributed by atoms with Gasteiger partial charge in [0, 0.05) is 109 Å². The Morgan fingerprint density at radius 3 is 0.598 bits per heavy atom. The molecule has 0 saturated carbocycles. The van der Waals surface area contributed by atoms with Crippen LogP contribution in [-0.4, -0.2) is 39.9 Å². The topological polar surface area (TPSA) is 129 Å². The van der Waals surface area contributed by atoms with Gasteiger partial charge in [0.15, 0.2) is 34.9 Å². The average molecular weight is 1690 g/mol. The summed E-state index contributed by atoms with van der Waals surface area (Å²) >= 11 is 0. The lowest BCUT2D eigenvalue weighted by Crippen LogP contribution is -2.00. The first-order valence-corrected chi connectivity index (χ1v) is 44.3. The molecule has 0 spiro atoms. The van der Waals surface area contributed by atoms with Crippen molar-refractivity contribution in [1.82, 2.24) is 39.9 Å². The number of benzene rings is 19. The molecule has 19 aromatic carbocycles.